The van der Waals surface area contributed by atoms with Crippen molar-refractivity contribution in [2.24, 2.45) is 5.92 Å². The molecule has 5 rings (SSSR count). The maximum absolute atomic E-state index is 6.64. The molecule has 4 unspecified atom stereocenters. The normalized spacial score (nSPS) is 24.8. The van der Waals surface area contributed by atoms with Gasteiger partial charge in [0.1, 0.15) is 5.75 Å². The van der Waals surface area contributed by atoms with Gasteiger partial charge in [-0.05, 0) is 85.4 Å². The Bertz CT molecular complexity index is 1070. The van der Waals surface area contributed by atoms with Gasteiger partial charge in [0.25, 0.3) is 0 Å². The van der Waals surface area contributed by atoms with Crippen molar-refractivity contribution in [3.63, 3.8) is 0 Å². The van der Waals surface area contributed by atoms with E-state index in [0.29, 0.717) is 19.1 Å². The van der Waals surface area contributed by atoms with E-state index < -0.39 is 0 Å². The Morgan fingerprint density at radius 1 is 0.853 bits per heavy atom. The minimum Gasteiger partial charge on any atom is -0.494 e. The average molecular weight is 477 g/mol. The monoisotopic (exact) mass is 476 g/mol. The predicted molar refractivity (Wildman–Crippen MR) is 137 cm³/mol. The van der Waals surface area contributed by atoms with E-state index in [4.69, 9.17) is 25.8 Å². The summed E-state index contributed by atoms with van der Waals surface area (Å²) >= 11 is 6.59. The predicted octanol–water partition coefficient (Wildman–Crippen LogP) is 7.72. The Balaban J connectivity index is 1.26. The van der Waals surface area contributed by atoms with Crippen LogP contribution in [0.25, 0.3) is 0 Å². The van der Waals surface area contributed by atoms with Crippen molar-refractivity contribution in [1.29, 1.82) is 0 Å². The van der Waals surface area contributed by atoms with Gasteiger partial charge in [-0.1, -0.05) is 66.2 Å². The summed E-state index contributed by atoms with van der Waals surface area (Å²) in [5.41, 5.74) is 4.84. The van der Waals surface area contributed by atoms with Crippen molar-refractivity contribution in [1.82, 2.24) is 0 Å². The maximum atomic E-state index is 6.64. The van der Waals surface area contributed by atoms with Crippen molar-refractivity contribution in [3.05, 3.63) is 100 Å². The van der Waals surface area contributed by atoms with Gasteiger partial charge in [-0.3, -0.25) is 0 Å². The van der Waals surface area contributed by atoms with Gasteiger partial charge >= 0.3 is 0 Å². The third kappa shape index (κ3) is 5.49. The first-order valence-electron chi connectivity index (χ1n) is 12.5. The number of fused-ring (bicyclic) bond motifs is 1. The summed E-state index contributed by atoms with van der Waals surface area (Å²) in [6.45, 7) is 3.33. The van der Waals surface area contributed by atoms with Gasteiger partial charge in [-0.25, -0.2) is 0 Å². The summed E-state index contributed by atoms with van der Waals surface area (Å²) in [6.07, 6.45) is 5.64. The zero-order valence-corrected chi connectivity index (χ0v) is 20.5. The van der Waals surface area contributed by atoms with E-state index in [1.165, 1.54) is 23.1 Å². The number of ether oxygens (including phenoxy) is 3. The molecule has 2 fully saturated rings. The highest BCUT2D eigenvalue weighted by Crippen LogP contribution is 2.41. The standard InChI is InChI=1S/C30H33ClO3/c1-2-32-26-13-8-21(9-14-26)18-25-19-24(10-15-27(25)31)29-17-12-23-11-16-28(33-20-30(23)34-29)22-6-4-3-5-7-22/h3-10,13-15,19,23,28-30H,2,11-12,16-18,20H2,1H3. The van der Waals surface area contributed by atoms with Crippen LogP contribution in [0.2, 0.25) is 5.02 Å². The third-order valence-corrected chi connectivity index (χ3v) is 7.54. The van der Waals surface area contributed by atoms with Crippen LogP contribution < -0.4 is 4.74 Å². The molecule has 0 amide bonds. The van der Waals surface area contributed by atoms with E-state index in [9.17, 15) is 0 Å². The molecule has 0 N–H and O–H groups in total. The van der Waals surface area contributed by atoms with E-state index in [2.05, 4.69) is 54.6 Å². The lowest BCUT2D eigenvalue weighted by Crippen LogP contribution is -2.33. The van der Waals surface area contributed by atoms with Crippen LogP contribution in [0, 0.1) is 5.92 Å². The molecule has 0 aromatic heterocycles. The maximum Gasteiger partial charge on any atom is 0.119 e. The van der Waals surface area contributed by atoms with E-state index in [0.717, 1.165) is 42.0 Å². The molecule has 0 spiro atoms. The lowest BCUT2D eigenvalue weighted by molar-refractivity contribution is -0.115. The summed E-state index contributed by atoms with van der Waals surface area (Å²) in [6, 6.07) is 25.2. The van der Waals surface area contributed by atoms with E-state index in [1.54, 1.807) is 0 Å². The van der Waals surface area contributed by atoms with Gasteiger partial charge in [0.15, 0.2) is 0 Å². The van der Waals surface area contributed by atoms with Crippen molar-refractivity contribution >= 4 is 11.6 Å². The highest BCUT2D eigenvalue weighted by atomic mass is 35.5. The van der Waals surface area contributed by atoms with Crippen LogP contribution in [-0.2, 0) is 15.9 Å². The van der Waals surface area contributed by atoms with Gasteiger partial charge in [0.2, 0.25) is 0 Å². The SMILES string of the molecule is CCOc1ccc(Cc2cc(C3CCC4CCC(c5ccccc5)OCC4O3)ccc2Cl)cc1. The number of hydrogen-bond acceptors (Lipinski definition) is 3. The van der Waals surface area contributed by atoms with Gasteiger partial charge in [-0.15, -0.1) is 0 Å². The summed E-state index contributed by atoms with van der Waals surface area (Å²) < 4.78 is 18.5. The van der Waals surface area contributed by atoms with Crippen LogP contribution in [0.1, 0.15) is 67.1 Å². The average Bonchev–Trinajstić information content (AvgIpc) is 3.09. The van der Waals surface area contributed by atoms with Gasteiger partial charge in [0, 0.05) is 5.02 Å². The molecule has 0 aliphatic carbocycles. The lowest BCUT2D eigenvalue weighted by atomic mass is 9.85. The fourth-order valence-corrected chi connectivity index (χ4v) is 5.49. The highest BCUT2D eigenvalue weighted by molar-refractivity contribution is 6.31. The molecular weight excluding hydrogens is 444 g/mol. The van der Waals surface area contributed by atoms with Crippen molar-refractivity contribution in [2.75, 3.05) is 13.2 Å². The lowest BCUT2D eigenvalue weighted by Gasteiger charge is -2.35. The van der Waals surface area contributed by atoms with E-state index in [-0.39, 0.29) is 18.3 Å². The van der Waals surface area contributed by atoms with E-state index >= 15 is 0 Å². The summed E-state index contributed by atoms with van der Waals surface area (Å²) in [5.74, 6) is 1.47. The van der Waals surface area contributed by atoms with Crippen LogP contribution in [-0.4, -0.2) is 19.3 Å². The molecule has 2 saturated heterocycles. The fraction of sp³-hybridized carbons (Fsp3) is 0.400. The Morgan fingerprint density at radius 2 is 1.62 bits per heavy atom. The minimum absolute atomic E-state index is 0.0921. The molecular formula is C30H33ClO3. The summed E-state index contributed by atoms with van der Waals surface area (Å²) in [4.78, 5) is 0. The van der Waals surface area contributed by atoms with Crippen LogP contribution in [0.15, 0.2) is 72.8 Å². The second kappa shape index (κ2) is 10.9. The van der Waals surface area contributed by atoms with Gasteiger partial charge < -0.3 is 14.2 Å². The summed E-state index contributed by atoms with van der Waals surface area (Å²) in [7, 11) is 0. The molecule has 3 aromatic rings. The highest BCUT2D eigenvalue weighted by Gasteiger charge is 2.35. The summed E-state index contributed by atoms with van der Waals surface area (Å²) in [5, 5.41) is 0.801. The first-order valence-corrected chi connectivity index (χ1v) is 12.9. The molecule has 4 atom stereocenters. The number of benzene rings is 3. The molecule has 0 radical (unpaired) electrons. The molecule has 3 aromatic carbocycles. The van der Waals surface area contributed by atoms with Crippen LogP contribution in [0.5, 0.6) is 5.75 Å². The quantitative estimate of drug-likeness (QED) is 0.364. The van der Waals surface area contributed by atoms with Crippen molar-refractivity contribution in [3.8, 4) is 5.75 Å². The molecule has 2 heterocycles. The molecule has 3 nitrogen and oxygen atoms in total. The smallest absolute Gasteiger partial charge is 0.119 e. The number of hydrogen-bond donors (Lipinski definition) is 0. The topological polar surface area (TPSA) is 27.7 Å². The molecule has 178 valence electrons. The minimum atomic E-state index is 0.0921. The first kappa shape index (κ1) is 23.4. The van der Waals surface area contributed by atoms with Crippen LogP contribution in [0.4, 0.5) is 0 Å². The first-order chi connectivity index (χ1) is 16.7. The molecule has 0 saturated carbocycles. The Labute approximate surface area is 208 Å². The molecule has 2 aliphatic heterocycles. The van der Waals surface area contributed by atoms with Crippen LogP contribution >= 0.6 is 11.6 Å². The Morgan fingerprint density at radius 3 is 2.38 bits per heavy atom. The van der Waals surface area contributed by atoms with E-state index in [1.807, 2.05) is 25.1 Å². The number of halogens is 1. The second-order valence-electron chi connectivity index (χ2n) is 9.42. The third-order valence-electron chi connectivity index (χ3n) is 7.17. The Kier molecular flexibility index (Phi) is 7.54. The number of rotatable bonds is 6. The largest absolute Gasteiger partial charge is 0.494 e. The molecule has 2 aliphatic rings. The van der Waals surface area contributed by atoms with Gasteiger partial charge in [-0.2, -0.15) is 0 Å². The van der Waals surface area contributed by atoms with Crippen molar-refractivity contribution in [2.45, 2.75) is 57.3 Å². The zero-order chi connectivity index (χ0) is 23.3. The second-order valence-corrected chi connectivity index (χ2v) is 9.82. The zero-order valence-electron chi connectivity index (χ0n) is 19.8. The van der Waals surface area contributed by atoms with Crippen LogP contribution in [0.3, 0.4) is 0 Å². The Hall–Kier alpha value is -2.33. The fourth-order valence-electron chi connectivity index (χ4n) is 5.30. The van der Waals surface area contributed by atoms with Gasteiger partial charge in [0.05, 0.1) is 31.5 Å². The molecule has 34 heavy (non-hydrogen) atoms. The molecule has 4 heteroatoms. The molecule has 0 bridgehead atoms. The van der Waals surface area contributed by atoms with Crippen molar-refractivity contribution < 1.29 is 14.2 Å².